The Morgan fingerprint density at radius 3 is 2.55 bits per heavy atom. The summed E-state index contributed by atoms with van der Waals surface area (Å²) in [6.45, 7) is 0. The molecule has 20 heavy (non-hydrogen) atoms. The highest BCUT2D eigenvalue weighted by Crippen LogP contribution is 2.22. The van der Waals surface area contributed by atoms with Gasteiger partial charge in [0.15, 0.2) is 0 Å². The SMILES string of the molecule is COC(=O)Cc1c2ccccc2nn1-c1ccccc1. The van der Waals surface area contributed by atoms with Gasteiger partial charge >= 0.3 is 5.97 Å². The number of para-hydroxylation sites is 1. The maximum atomic E-state index is 11.6. The molecule has 0 unspecified atom stereocenters. The van der Waals surface area contributed by atoms with Crippen LogP contribution in [0.25, 0.3) is 16.6 Å². The molecule has 0 fully saturated rings. The van der Waals surface area contributed by atoms with Crippen molar-refractivity contribution in [2.24, 2.45) is 0 Å². The van der Waals surface area contributed by atoms with Gasteiger partial charge in [0, 0.05) is 5.39 Å². The largest absolute Gasteiger partial charge is 0.469 e. The van der Waals surface area contributed by atoms with E-state index in [1.807, 2.05) is 59.3 Å². The number of ether oxygens (including phenoxy) is 1. The van der Waals surface area contributed by atoms with Crippen molar-refractivity contribution >= 4 is 16.9 Å². The number of carbonyl (C=O) groups excluding carboxylic acids is 1. The molecule has 0 aliphatic carbocycles. The van der Waals surface area contributed by atoms with Crippen molar-refractivity contribution in [1.29, 1.82) is 0 Å². The first-order chi connectivity index (χ1) is 9.79. The van der Waals surface area contributed by atoms with Crippen molar-refractivity contribution in [3.05, 3.63) is 60.3 Å². The quantitative estimate of drug-likeness (QED) is 0.685. The highest BCUT2D eigenvalue weighted by atomic mass is 16.5. The zero-order valence-corrected chi connectivity index (χ0v) is 11.1. The molecule has 0 saturated heterocycles. The molecule has 1 heterocycles. The van der Waals surface area contributed by atoms with Gasteiger partial charge in [0.1, 0.15) is 0 Å². The molecule has 0 N–H and O–H groups in total. The minimum absolute atomic E-state index is 0.200. The minimum atomic E-state index is -0.271. The van der Waals surface area contributed by atoms with Gasteiger partial charge in [-0.05, 0) is 18.2 Å². The average Bonchev–Trinajstić information content (AvgIpc) is 2.87. The van der Waals surface area contributed by atoms with Gasteiger partial charge in [-0.2, -0.15) is 5.10 Å². The second-order valence-corrected chi connectivity index (χ2v) is 4.46. The Hall–Kier alpha value is -2.62. The summed E-state index contributed by atoms with van der Waals surface area (Å²) in [6.07, 6.45) is 0.200. The van der Waals surface area contributed by atoms with Crippen LogP contribution in [0.2, 0.25) is 0 Å². The Kier molecular flexibility index (Phi) is 3.21. The van der Waals surface area contributed by atoms with E-state index >= 15 is 0 Å². The van der Waals surface area contributed by atoms with E-state index in [9.17, 15) is 4.79 Å². The molecule has 4 heteroatoms. The highest BCUT2D eigenvalue weighted by molar-refractivity contribution is 5.86. The van der Waals surface area contributed by atoms with Gasteiger partial charge in [0.2, 0.25) is 0 Å². The lowest BCUT2D eigenvalue weighted by Crippen LogP contribution is -2.10. The summed E-state index contributed by atoms with van der Waals surface area (Å²) in [6, 6.07) is 17.6. The van der Waals surface area contributed by atoms with Crippen LogP contribution in [0.1, 0.15) is 5.69 Å². The predicted molar refractivity (Wildman–Crippen MR) is 76.8 cm³/mol. The Labute approximate surface area is 116 Å². The monoisotopic (exact) mass is 266 g/mol. The normalized spacial score (nSPS) is 10.7. The number of benzene rings is 2. The van der Waals surface area contributed by atoms with E-state index in [4.69, 9.17) is 4.74 Å². The summed E-state index contributed by atoms with van der Waals surface area (Å²) in [5.41, 5.74) is 2.65. The molecule has 3 aromatic rings. The Bertz CT molecular complexity index is 748. The number of carbonyl (C=O) groups is 1. The van der Waals surface area contributed by atoms with Crippen molar-refractivity contribution in [3.63, 3.8) is 0 Å². The first-order valence-electron chi connectivity index (χ1n) is 6.38. The van der Waals surface area contributed by atoms with Crippen molar-refractivity contribution < 1.29 is 9.53 Å². The zero-order valence-electron chi connectivity index (χ0n) is 11.1. The van der Waals surface area contributed by atoms with E-state index < -0.39 is 0 Å². The fraction of sp³-hybridized carbons (Fsp3) is 0.125. The van der Waals surface area contributed by atoms with Crippen molar-refractivity contribution in [3.8, 4) is 5.69 Å². The Morgan fingerprint density at radius 1 is 1.10 bits per heavy atom. The average molecular weight is 266 g/mol. The van der Waals surface area contributed by atoms with Crippen LogP contribution in [0.5, 0.6) is 0 Å². The van der Waals surface area contributed by atoms with E-state index in [-0.39, 0.29) is 12.4 Å². The third kappa shape index (κ3) is 2.16. The maximum absolute atomic E-state index is 11.6. The van der Waals surface area contributed by atoms with E-state index in [1.54, 1.807) is 0 Å². The maximum Gasteiger partial charge on any atom is 0.311 e. The molecule has 0 aliphatic heterocycles. The van der Waals surface area contributed by atoms with Crippen LogP contribution in [-0.4, -0.2) is 22.9 Å². The van der Waals surface area contributed by atoms with Gasteiger partial charge in [0.25, 0.3) is 0 Å². The fourth-order valence-corrected chi connectivity index (χ4v) is 2.25. The summed E-state index contributed by atoms with van der Waals surface area (Å²) in [5, 5.41) is 5.55. The van der Waals surface area contributed by atoms with E-state index in [2.05, 4.69) is 5.10 Å². The third-order valence-corrected chi connectivity index (χ3v) is 3.22. The molecular weight excluding hydrogens is 252 g/mol. The molecule has 0 bridgehead atoms. The van der Waals surface area contributed by atoms with Crippen LogP contribution in [0, 0.1) is 0 Å². The van der Waals surface area contributed by atoms with E-state index in [0.29, 0.717) is 0 Å². The van der Waals surface area contributed by atoms with Crippen molar-refractivity contribution in [2.75, 3.05) is 7.11 Å². The number of rotatable bonds is 3. The Morgan fingerprint density at radius 2 is 1.80 bits per heavy atom. The molecule has 3 rings (SSSR count). The summed E-state index contributed by atoms with van der Waals surface area (Å²) in [4.78, 5) is 11.6. The van der Waals surface area contributed by atoms with E-state index in [0.717, 1.165) is 22.3 Å². The first kappa shape index (κ1) is 12.4. The predicted octanol–water partition coefficient (Wildman–Crippen LogP) is 2.74. The fourth-order valence-electron chi connectivity index (χ4n) is 2.25. The Balaban J connectivity index is 2.20. The standard InChI is InChI=1S/C16H14N2O2/c1-20-16(19)11-15-13-9-5-6-10-14(13)17-18(15)12-7-3-2-4-8-12/h2-10H,11H2,1H3. The third-order valence-electron chi connectivity index (χ3n) is 3.22. The molecule has 0 spiro atoms. The van der Waals surface area contributed by atoms with E-state index in [1.165, 1.54) is 7.11 Å². The molecule has 1 aromatic heterocycles. The summed E-state index contributed by atoms with van der Waals surface area (Å²) < 4.78 is 6.59. The van der Waals surface area contributed by atoms with Gasteiger partial charge in [-0.15, -0.1) is 0 Å². The van der Waals surface area contributed by atoms with Gasteiger partial charge < -0.3 is 4.74 Å². The molecule has 0 saturated carbocycles. The molecule has 4 nitrogen and oxygen atoms in total. The van der Waals surface area contributed by atoms with Crippen LogP contribution in [0.3, 0.4) is 0 Å². The molecular formula is C16H14N2O2. The highest BCUT2D eigenvalue weighted by Gasteiger charge is 2.15. The molecule has 0 atom stereocenters. The van der Waals surface area contributed by atoms with Crippen LogP contribution in [0.4, 0.5) is 0 Å². The minimum Gasteiger partial charge on any atom is -0.469 e. The van der Waals surface area contributed by atoms with Crippen molar-refractivity contribution in [1.82, 2.24) is 9.78 Å². The van der Waals surface area contributed by atoms with Gasteiger partial charge in [-0.3, -0.25) is 4.79 Å². The van der Waals surface area contributed by atoms with Crippen LogP contribution < -0.4 is 0 Å². The molecule has 0 radical (unpaired) electrons. The second kappa shape index (κ2) is 5.17. The van der Waals surface area contributed by atoms with Gasteiger partial charge in [-0.25, -0.2) is 4.68 Å². The molecule has 0 aliphatic rings. The molecule has 2 aromatic carbocycles. The number of fused-ring (bicyclic) bond motifs is 1. The number of hydrogen-bond donors (Lipinski definition) is 0. The summed E-state index contributed by atoms with van der Waals surface area (Å²) in [7, 11) is 1.40. The van der Waals surface area contributed by atoms with Crippen LogP contribution in [-0.2, 0) is 16.0 Å². The number of methoxy groups -OCH3 is 1. The first-order valence-corrected chi connectivity index (χ1v) is 6.38. The van der Waals surface area contributed by atoms with Crippen molar-refractivity contribution in [2.45, 2.75) is 6.42 Å². The number of esters is 1. The summed E-state index contributed by atoms with van der Waals surface area (Å²) in [5.74, 6) is -0.271. The number of nitrogens with zero attached hydrogens (tertiary/aromatic N) is 2. The van der Waals surface area contributed by atoms with Crippen LogP contribution in [0.15, 0.2) is 54.6 Å². The lowest BCUT2D eigenvalue weighted by Gasteiger charge is -2.06. The topological polar surface area (TPSA) is 44.1 Å². The van der Waals surface area contributed by atoms with Gasteiger partial charge in [0.05, 0.1) is 30.4 Å². The van der Waals surface area contributed by atoms with Gasteiger partial charge in [-0.1, -0.05) is 36.4 Å². The second-order valence-electron chi connectivity index (χ2n) is 4.46. The molecule has 100 valence electrons. The summed E-state index contributed by atoms with van der Waals surface area (Å²) >= 11 is 0. The van der Waals surface area contributed by atoms with Crippen LogP contribution >= 0.6 is 0 Å². The lowest BCUT2D eigenvalue weighted by atomic mass is 10.1. The molecule has 0 amide bonds. The number of hydrogen-bond acceptors (Lipinski definition) is 3. The number of aromatic nitrogens is 2. The lowest BCUT2D eigenvalue weighted by molar-refractivity contribution is -0.139. The zero-order chi connectivity index (χ0) is 13.9. The smallest absolute Gasteiger partial charge is 0.311 e.